The lowest BCUT2D eigenvalue weighted by Crippen LogP contribution is -2.20. The van der Waals surface area contributed by atoms with Crippen LogP contribution in [0.2, 0.25) is 0 Å². The highest BCUT2D eigenvalue weighted by Gasteiger charge is 2.14. The summed E-state index contributed by atoms with van der Waals surface area (Å²) in [6.45, 7) is 3.12. The fourth-order valence-corrected chi connectivity index (χ4v) is 2.37. The highest BCUT2D eigenvalue weighted by Crippen LogP contribution is 2.29. The first-order chi connectivity index (χ1) is 9.69. The van der Waals surface area contributed by atoms with Crippen LogP contribution in [-0.2, 0) is 9.53 Å². The Morgan fingerprint density at radius 3 is 2.95 bits per heavy atom. The molecule has 2 N–H and O–H groups in total. The van der Waals surface area contributed by atoms with E-state index in [4.69, 9.17) is 9.47 Å². The molecule has 1 unspecified atom stereocenters. The number of carbonyl (C=O) groups excluding carboxylic acids is 1. The predicted molar refractivity (Wildman–Crippen MR) is 79.4 cm³/mol. The molecule has 1 aromatic rings. The summed E-state index contributed by atoms with van der Waals surface area (Å²) in [5, 5.41) is 6.28. The summed E-state index contributed by atoms with van der Waals surface area (Å²) >= 11 is 0. The number of anilines is 2. The second-order valence-electron chi connectivity index (χ2n) is 4.98. The highest BCUT2D eigenvalue weighted by atomic mass is 16.5. The van der Waals surface area contributed by atoms with E-state index in [1.807, 2.05) is 18.2 Å². The Hall–Kier alpha value is -1.75. The van der Waals surface area contributed by atoms with Crippen LogP contribution in [0.15, 0.2) is 18.2 Å². The number of amides is 1. The first kappa shape index (κ1) is 14.7. The molecule has 2 rings (SSSR count). The Morgan fingerprint density at radius 2 is 2.20 bits per heavy atom. The first-order valence-electron chi connectivity index (χ1n) is 6.99. The molecule has 0 aromatic heterocycles. The molecular weight excluding hydrogens is 256 g/mol. The van der Waals surface area contributed by atoms with Crippen LogP contribution in [0.5, 0.6) is 5.75 Å². The van der Waals surface area contributed by atoms with Crippen LogP contribution in [0.25, 0.3) is 0 Å². The van der Waals surface area contributed by atoms with Gasteiger partial charge in [-0.15, -0.1) is 0 Å². The third-order valence-electron chi connectivity index (χ3n) is 3.33. The van der Waals surface area contributed by atoms with Gasteiger partial charge < -0.3 is 20.1 Å². The van der Waals surface area contributed by atoms with E-state index in [1.165, 1.54) is 6.92 Å². The smallest absolute Gasteiger partial charge is 0.221 e. The Balaban J connectivity index is 2.12. The van der Waals surface area contributed by atoms with Gasteiger partial charge in [0.05, 0.1) is 12.8 Å². The number of hydrogen-bond donors (Lipinski definition) is 2. The fraction of sp³-hybridized carbons (Fsp3) is 0.533. The van der Waals surface area contributed by atoms with Gasteiger partial charge in [0.2, 0.25) is 5.91 Å². The highest BCUT2D eigenvalue weighted by molar-refractivity contribution is 5.89. The zero-order valence-electron chi connectivity index (χ0n) is 12.1. The minimum atomic E-state index is -0.0796. The summed E-state index contributed by atoms with van der Waals surface area (Å²) < 4.78 is 10.8. The van der Waals surface area contributed by atoms with E-state index >= 15 is 0 Å². The molecule has 1 aliphatic rings. The molecule has 5 nitrogen and oxygen atoms in total. The first-order valence-corrected chi connectivity index (χ1v) is 6.99. The van der Waals surface area contributed by atoms with Gasteiger partial charge in [-0.1, -0.05) is 0 Å². The second kappa shape index (κ2) is 7.14. The molecule has 0 radical (unpaired) electrons. The molecule has 0 spiro atoms. The van der Waals surface area contributed by atoms with Crippen molar-refractivity contribution in [3.8, 4) is 5.75 Å². The SMILES string of the molecule is COc1ccc(NC(C)=O)cc1NC1CCCOCC1. The van der Waals surface area contributed by atoms with E-state index < -0.39 is 0 Å². The van der Waals surface area contributed by atoms with Gasteiger partial charge in [-0.3, -0.25) is 4.79 Å². The maximum absolute atomic E-state index is 11.1. The molecule has 1 heterocycles. The van der Waals surface area contributed by atoms with Crippen LogP contribution in [-0.4, -0.2) is 32.3 Å². The predicted octanol–water partition coefficient (Wildman–Crippen LogP) is 2.63. The zero-order chi connectivity index (χ0) is 14.4. The van der Waals surface area contributed by atoms with Crippen LogP contribution in [0.3, 0.4) is 0 Å². The van der Waals surface area contributed by atoms with Crippen molar-refractivity contribution in [1.29, 1.82) is 0 Å². The van der Waals surface area contributed by atoms with Gasteiger partial charge in [0.25, 0.3) is 0 Å². The molecule has 1 atom stereocenters. The van der Waals surface area contributed by atoms with E-state index in [0.717, 1.165) is 49.6 Å². The molecule has 1 aromatic carbocycles. The molecule has 110 valence electrons. The Bertz CT molecular complexity index is 454. The molecule has 1 saturated heterocycles. The summed E-state index contributed by atoms with van der Waals surface area (Å²) in [7, 11) is 1.65. The van der Waals surface area contributed by atoms with Gasteiger partial charge in [0.15, 0.2) is 0 Å². The molecule has 1 amide bonds. The molecule has 1 aliphatic heterocycles. The summed E-state index contributed by atoms with van der Waals surface area (Å²) in [5.74, 6) is 0.702. The summed E-state index contributed by atoms with van der Waals surface area (Å²) in [4.78, 5) is 11.1. The van der Waals surface area contributed by atoms with E-state index in [9.17, 15) is 4.79 Å². The Morgan fingerprint density at radius 1 is 1.35 bits per heavy atom. The van der Waals surface area contributed by atoms with Crippen molar-refractivity contribution in [3.05, 3.63) is 18.2 Å². The van der Waals surface area contributed by atoms with Gasteiger partial charge in [0, 0.05) is 31.9 Å². The minimum absolute atomic E-state index is 0.0796. The average Bonchev–Trinajstić information content (AvgIpc) is 2.67. The lowest BCUT2D eigenvalue weighted by Gasteiger charge is -2.20. The van der Waals surface area contributed by atoms with E-state index in [0.29, 0.717) is 6.04 Å². The third kappa shape index (κ3) is 4.13. The molecule has 20 heavy (non-hydrogen) atoms. The zero-order valence-corrected chi connectivity index (χ0v) is 12.1. The second-order valence-corrected chi connectivity index (χ2v) is 4.98. The summed E-state index contributed by atoms with van der Waals surface area (Å²) in [6.07, 6.45) is 3.12. The maximum Gasteiger partial charge on any atom is 0.221 e. The van der Waals surface area contributed by atoms with Crippen LogP contribution in [0, 0.1) is 0 Å². The van der Waals surface area contributed by atoms with Crippen molar-refractivity contribution in [3.63, 3.8) is 0 Å². The number of benzene rings is 1. The van der Waals surface area contributed by atoms with Gasteiger partial charge >= 0.3 is 0 Å². The lowest BCUT2D eigenvalue weighted by atomic mass is 10.1. The van der Waals surface area contributed by atoms with Crippen LogP contribution in [0.4, 0.5) is 11.4 Å². The maximum atomic E-state index is 11.1. The van der Waals surface area contributed by atoms with Crippen molar-refractivity contribution in [2.45, 2.75) is 32.2 Å². The largest absolute Gasteiger partial charge is 0.495 e. The minimum Gasteiger partial charge on any atom is -0.495 e. The van der Waals surface area contributed by atoms with Crippen molar-refractivity contribution in [1.82, 2.24) is 0 Å². The average molecular weight is 278 g/mol. The molecule has 5 heteroatoms. The molecule has 0 aliphatic carbocycles. The molecule has 1 fully saturated rings. The van der Waals surface area contributed by atoms with Crippen molar-refractivity contribution in [2.24, 2.45) is 0 Å². The number of rotatable bonds is 4. The Kier molecular flexibility index (Phi) is 5.24. The number of hydrogen-bond acceptors (Lipinski definition) is 4. The molecular formula is C15H22N2O3. The topological polar surface area (TPSA) is 59.6 Å². The van der Waals surface area contributed by atoms with E-state index in [-0.39, 0.29) is 5.91 Å². The van der Waals surface area contributed by atoms with Gasteiger partial charge in [0.1, 0.15) is 5.75 Å². The number of methoxy groups -OCH3 is 1. The number of carbonyl (C=O) groups is 1. The fourth-order valence-electron chi connectivity index (χ4n) is 2.37. The van der Waals surface area contributed by atoms with Crippen molar-refractivity contribution in [2.75, 3.05) is 31.0 Å². The number of ether oxygens (including phenoxy) is 2. The van der Waals surface area contributed by atoms with Crippen molar-refractivity contribution < 1.29 is 14.3 Å². The summed E-state index contributed by atoms with van der Waals surface area (Å²) in [5.41, 5.74) is 1.68. The lowest BCUT2D eigenvalue weighted by molar-refractivity contribution is -0.114. The van der Waals surface area contributed by atoms with Crippen molar-refractivity contribution >= 4 is 17.3 Å². The normalized spacial score (nSPS) is 19.0. The van der Waals surface area contributed by atoms with Gasteiger partial charge in [-0.25, -0.2) is 0 Å². The Labute approximate surface area is 119 Å². The van der Waals surface area contributed by atoms with Crippen LogP contribution >= 0.6 is 0 Å². The number of nitrogens with one attached hydrogen (secondary N) is 2. The van der Waals surface area contributed by atoms with Gasteiger partial charge in [-0.2, -0.15) is 0 Å². The third-order valence-corrected chi connectivity index (χ3v) is 3.33. The molecule has 0 bridgehead atoms. The summed E-state index contributed by atoms with van der Waals surface area (Å²) in [6, 6.07) is 5.98. The van der Waals surface area contributed by atoms with Crippen LogP contribution < -0.4 is 15.4 Å². The van der Waals surface area contributed by atoms with Crippen LogP contribution in [0.1, 0.15) is 26.2 Å². The van der Waals surface area contributed by atoms with E-state index in [2.05, 4.69) is 10.6 Å². The quantitative estimate of drug-likeness (QED) is 0.889. The monoisotopic (exact) mass is 278 g/mol. The van der Waals surface area contributed by atoms with E-state index in [1.54, 1.807) is 7.11 Å². The standard InChI is InChI=1S/C15H22N2O3/c1-11(18)16-13-5-6-15(19-2)14(10-13)17-12-4-3-8-20-9-7-12/h5-6,10,12,17H,3-4,7-9H2,1-2H3,(H,16,18). The molecule has 0 saturated carbocycles. The van der Waals surface area contributed by atoms with Gasteiger partial charge in [-0.05, 0) is 37.5 Å².